The van der Waals surface area contributed by atoms with Gasteiger partial charge in [0.25, 0.3) is 5.91 Å². The summed E-state index contributed by atoms with van der Waals surface area (Å²) >= 11 is 0. The summed E-state index contributed by atoms with van der Waals surface area (Å²) in [5, 5.41) is 5.32. The highest BCUT2D eigenvalue weighted by Gasteiger charge is 2.52. The van der Waals surface area contributed by atoms with Crippen LogP contribution in [0.25, 0.3) is 0 Å². The van der Waals surface area contributed by atoms with Gasteiger partial charge in [0.2, 0.25) is 5.91 Å². The molecule has 2 N–H and O–H groups in total. The minimum absolute atomic E-state index is 0.0354. The van der Waals surface area contributed by atoms with E-state index in [1.54, 1.807) is 0 Å². The molecular formula is C19H23F2N3O4. The Morgan fingerprint density at radius 1 is 1.29 bits per heavy atom. The molecule has 2 aliphatic rings. The van der Waals surface area contributed by atoms with Gasteiger partial charge in [-0.3, -0.25) is 14.5 Å². The molecule has 1 saturated carbocycles. The molecule has 0 radical (unpaired) electrons. The number of amides is 4. The van der Waals surface area contributed by atoms with Crippen molar-refractivity contribution in [3.63, 3.8) is 0 Å². The van der Waals surface area contributed by atoms with Gasteiger partial charge in [0.15, 0.2) is 0 Å². The number of nitrogens with one attached hydrogen (secondary N) is 2. The van der Waals surface area contributed by atoms with Crippen LogP contribution in [-0.4, -0.2) is 41.4 Å². The molecule has 7 nitrogen and oxygen atoms in total. The lowest BCUT2D eigenvalue weighted by molar-refractivity contribution is -0.135. The summed E-state index contributed by atoms with van der Waals surface area (Å²) in [6, 6.07) is 4.81. The van der Waals surface area contributed by atoms with Crippen LogP contribution in [0.5, 0.6) is 5.75 Å². The number of carbonyl (C=O) groups is 3. The minimum atomic E-state index is -2.93. The first-order chi connectivity index (χ1) is 13.3. The zero-order valence-corrected chi connectivity index (χ0v) is 15.5. The van der Waals surface area contributed by atoms with E-state index in [1.807, 2.05) is 0 Å². The molecule has 9 heteroatoms. The van der Waals surface area contributed by atoms with Gasteiger partial charge >= 0.3 is 12.6 Å². The van der Waals surface area contributed by atoms with Crippen LogP contribution in [0.4, 0.5) is 19.3 Å². The van der Waals surface area contributed by atoms with Crippen molar-refractivity contribution in [2.24, 2.45) is 5.92 Å². The van der Waals surface area contributed by atoms with Gasteiger partial charge in [-0.05, 0) is 55.9 Å². The van der Waals surface area contributed by atoms with E-state index in [0.29, 0.717) is 24.4 Å². The molecule has 28 heavy (non-hydrogen) atoms. The van der Waals surface area contributed by atoms with E-state index in [0.717, 1.165) is 24.2 Å². The van der Waals surface area contributed by atoms with Crippen molar-refractivity contribution >= 4 is 23.5 Å². The number of nitrogens with zero attached hydrogens (tertiary/aromatic N) is 1. The Bertz CT molecular complexity index is 746. The van der Waals surface area contributed by atoms with Crippen molar-refractivity contribution in [2.45, 2.75) is 51.2 Å². The lowest BCUT2D eigenvalue weighted by Crippen LogP contribution is -2.49. The number of hydrogen-bond donors (Lipinski definition) is 2. The SMILES string of the molecule is CCC1CCC2(CC1)NC(=O)N(CC(=O)Nc1ccc(OC(F)F)cc1)C2=O. The molecule has 4 amide bonds. The van der Waals surface area contributed by atoms with Crippen LogP contribution in [0.15, 0.2) is 24.3 Å². The Labute approximate surface area is 161 Å². The molecular weight excluding hydrogens is 372 g/mol. The molecule has 1 heterocycles. The number of hydrogen-bond acceptors (Lipinski definition) is 4. The summed E-state index contributed by atoms with van der Waals surface area (Å²) in [6.07, 6.45) is 3.95. The first-order valence-corrected chi connectivity index (χ1v) is 9.32. The predicted octanol–water partition coefficient (Wildman–Crippen LogP) is 3.12. The normalized spacial score (nSPS) is 24.6. The Morgan fingerprint density at radius 3 is 2.50 bits per heavy atom. The third-order valence-corrected chi connectivity index (χ3v) is 5.45. The average Bonchev–Trinajstić information content (AvgIpc) is 2.88. The largest absolute Gasteiger partial charge is 0.435 e. The number of ether oxygens (including phenoxy) is 1. The van der Waals surface area contributed by atoms with E-state index in [-0.39, 0.29) is 11.7 Å². The van der Waals surface area contributed by atoms with Gasteiger partial charge in [0.05, 0.1) is 0 Å². The summed E-state index contributed by atoms with van der Waals surface area (Å²) in [6.45, 7) is -1.22. The third-order valence-electron chi connectivity index (χ3n) is 5.45. The highest BCUT2D eigenvalue weighted by Crippen LogP contribution is 2.37. The molecule has 1 aromatic carbocycles. The highest BCUT2D eigenvalue weighted by molar-refractivity contribution is 6.10. The number of benzene rings is 1. The smallest absolute Gasteiger partial charge is 0.387 e. The zero-order chi connectivity index (χ0) is 20.3. The van der Waals surface area contributed by atoms with Crippen molar-refractivity contribution < 1.29 is 27.9 Å². The van der Waals surface area contributed by atoms with Gasteiger partial charge in [-0.25, -0.2) is 4.79 Å². The number of carbonyl (C=O) groups excluding carboxylic acids is 3. The number of alkyl halides is 2. The topological polar surface area (TPSA) is 87.7 Å². The predicted molar refractivity (Wildman–Crippen MR) is 96.9 cm³/mol. The Kier molecular flexibility index (Phi) is 5.81. The molecule has 1 aliphatic heterocycles. The molecule has 1 saturated heterocycles. The molecule has 2 fully saturated rings. The number of halogens is 2. The molecule has 0 aromatic heterocycles. The van der Waals surface area contributed by atoms with E-state index in [2.05, 4.69) is 22.3 Å². The lowest BCUT2D eigenvalue weighted by Gasteiger charge is -2.34. The molecule has 3 rings (SSSR count). The highest BCUT2D eigenvalue weighted by atomic mass is 19.3. The standard InChI is InChI=1S/C19H23F2N3O4/c1-2-12-7-9-19(10-8-12)16(26)24(18(27)23-19)11-15(25)22-13-3-5-14(6-4-13)28-17(20)21/h3-6,12,17H,2,7-11H2,1H3,(H,22,25)(H,23,27). The van der Waals surface area contributed by atoms with Crippen LogP contribution in [0.3, 0.4) is 0 Å². The monoisotopic (exact) mass is 395 g/mol. The van der Waals surface area contributed by atoms with Gasteiger partial charge < -0.3 is 15.4 Å². The summed E-state index contributed by atoms with van der Waals surface area (Å²) in [4.78, 5) is 38.3. The summed E-state index contributed by atoms with van der Waals surface area (Å²) < 4.78 is 28.6. The van der Waals surface area contributed by atoms with Crippen molar-refractivity contribution in [1.82, 2.24) is 10.2 Å². The lowest BCUT2D eigenvalue weighted by atomic mass is 9.75. The van der Waals surface area contributed by atoms with Crippen LogP contribution < -0.4 is 15.4 Å². The second-order valence-electron chi connectivity index (χ2n) is 7.21. The van der Waals surface area contributed by atoms with E-state index in [4.69, 9.17) is 0 Å². The Balaban J connectivity index is 1.58. The van der Waals surface area contributed by atoms with E-state index >= 15 is 0 Å². The molecule has 1 aromatic rings. The number of imide groups is 1. The van der Waals surface area contributed by atoms with E-state index in [9.17, 15) is 23.2 Å². The molecule has 1 aliphatic carbocycles. The molecule has 0 bridgehead atoms. The second-order valence-corrected chi connectivity index (χ2v) is 7.21. The fourth-order valence-corrected chi connectivity index (χ4v) is 3.80. The second kappa shape index (κ2) is 8.12. The maximum atomic E-state index is 12.8. The van der Waals surface area contributed by atoms with Gasteiger partial charge in [-0.1, -0.05) is 13.3 Å². The van der Waals surface area contributed by atoms with Crippen molar-refractivity contribution in [1.29, 1.82) is 0 Å². The first kappa shape index (κ1) is 20.0. The molecule has 1 spiro atoms. The average molecular weight is 395 g/mol. The van der Waals surface area contributed by atoms with Crippen LogP contribution in [-0.2, 0) is 9.59 Å². The number of anilines is 1. The van der Waals surface area contributed by atoms with Crippen molar-refractivity contribution in [3.8, 4) is 5.75 Å². The summed E-state index contributed by atoms with van der Waals surface area (Å²) in [5.41, 5.74) is -0.547. The van der Waals surface area contributed by atoms with Crippen molar-refractivity contribution in [3.05, 3.63) is 24.3 Å². The number of rotatable bonds is 6. The fraction of sp³-hybridized carbons (Fsp3) is 0.526. The maximum absolute atomic E-state index is 12.8. The minimum Gasteiger partial charge on any atom is -0.435 e. The van der Waals surface area contributed by atoms with Gasteiger partial charge in [-0.2, -0.15) is 8.78 Å². The fourth-order valence-electron chi connectivity index (χ4n) is 3.80. The van der Waals surface area contributed by atoms with E-state index in [1.165, 1.54) is 24.3 Å². The van der Waals surface area contributed by atoms with Crippen molar-refractivity contribution in [2.75, 3.05) is 11.9 Å². The quantitative estimate of drug-likeness (QED) is 0.725. The molecule has 0 unspecified atom stereocenters. The van der Waals surface area contributed by atoms with Crippen LogP contribution in [0.2, 0.25) is 0 Å². The number of urea groups is 1. The molecule has 152 valence electrons. The first-order valence-electron chi connectivity index (χ1n) is 9.32. The van der Waals surface area contributed by atoms with Crippen LogP contribution in [0, 0.1) is 5.92 Å². The Morgan fingerprint density at radius 2 is 1.93 bits per heavy atom. The molecule has 0 atom stereocenters. The van der Waals surface area contributed by atoms with Gasteiger partial charge in [0.1, 0.15) is 17.8 Å². The van der Waals surface area contributed by atoms with E-state index < -0.39 is 30.6 Å². The maximum Gasteiger partial charge on any atom is 0.387 e. The zero-order valence-electron chi connectivity index (χ0n) is 15.5. The van der Waals surface area contributed by atoms with Crippen LogP contribution in [0.1, 0.15) is 39.0 Å². The van der Waals surface area contributed by atoms with Gasteiger partial charge in [-0.15, -0.1) is 0 Å². The third kappa shape index (κ3) is 4.23. The summed E-state index contributed by atoms with van der Waals surface area (Å²) in [7, 11) is 0. The Hall–Kier alpha value is -2.71. The van der Waals surface area contributed by atoms with Crippen LogP contribution >= 0.6 is 0 Å². The van der Waals surface area contributed by atoms with Gasteiger partial charge in [0, 0.05) is 5.69 Å². The summed E-state index contributed by atoms with van der Waals surface area (Å²) in [5.74, 6) is -0.385.